The number of rotatable bonds is 4. The zero-order valence-corrected chi connectivity index (χ0v) is 13.7. The van der Waals surface area contributed by atoms with Gasteiger partial charge in [0.1, 0.15) is 4.33 Å². The van der Waals surface area contributed by atoms with Crippen molar-refractivity contribution in [1.82, 2.24) is 5.32 Å². The molecule has 1 aromatic carbocycles. The quantitative estimate of drug-likeness (QED) is 0.835. The smallest absolute Gasteiger partial charge is 0.243 e. The highest BCUT2D eigenvalue weighted by Crippen LogP contribution is 2.53. The summed E-state index contributed by atoms with van der Waals surface area (Å²) < 4.78 is -0.968. The van der Waals surface area contributed by atoms with Crippen LogP contribution in [-0.4, -0.2) is 22.7 Å². The molecule has 114 valence electrons. The Labute approximate surface area is 134 Å². The summed E-state index contributed by atoms with van der Waals surface area (Å²) in [6, 6.07) is 4.00. The van der Waals surface area contributed by atoms with E-state index in [0.29, 0.717) is 6.42 Å². The van der Waals surface area contributed by atoms with E-state index in [1.165, 1.54) is 0 Å². The first-order chi connectivity index (χ1) is 9.70. The number of halogens is 2. The van der Waals surface area contributed by atoms with Crippen molar-refractivity contribution in [3.05, 3.63) is 28.8 Å². The van der Waals surface area contributed by atoms with E-state index in [1.54, 1.807) is 0 Å². The largest absolute Gasteiger partial charge is 0.347 e. The topological polar surface area (TPSA) is 58.2 Å². The van der Waals surface area contributed by atoms with E-state index in [4.69, 9.17) is 23.2 Å². The molecule has 0 saturated heterocycles. The molecule has 1 aliphatic rings. The van der Waals surface area contributed by atoms with Crippen molar-refractivity contribution in [2.45, 2.75) is 31.5 Å². The molecular formula is C15H18Cl2N2O2. The van der Waals surface area contributed by atoms with Gasteiger partial charge in [-0.3, -0.25) is 9.59 Å². The third-order valence-corrected chi connectivity index (χ3v) is 4.34. The molecule has 1 aliphatic carbocycles. The highest BCUT2D eigenvalue weighted by Gasteiger charge is 2.56. The average Bonchev–Trinajstić information content (AvgIpc) is 3.00. The maximum atomic E-state index is 11.9. The second kappa shape index (κ2) is 5.85. The summed E-state index contributed by atoms with van der Waals surface area (Å²) in [5.74, 6) is -0.974. The van der Waals surface area contributed by atoms with Crippen LogP contribution in [0.15, 0.2) is 12.1 Å². The summed E-state index contributed by atoms with van der Waals surface area (Å²) in [6.45, 7) is 5.79. The monoisotopic (exact) mass is 328 g/mol. The summed E-state index contributed by atoms with van der Waals surface area (Å²) in [5, 5.41) is 5.37. The first kappa shape index (κ1) is 16.1. The summed E-state index contributed by atoms with van der Waals surface area (Å²) in [4.78, 5) is 23.6. The Bertz CT molecular complexity index is 576. The lowest BCUT2D eigenvalue weighted by Gasteiger charge is -2.13. The van der Waals surface area contributed by atoms with E-state index >= 15 is 0 Å². The standard InChI is InChI=1S/C15H18Cl2N2O2/c1-8-4-9(2)13(10(3)5-8)19-12(20)7-18-14(21)11-6-15(11,16)17/h4-5,11H,6-7H2,1-3H3,(H,18,21)(H,19,20). The van der Waals surface area contributed by atoms with Gasteiger partial charge in [-0.2, -0.15) is 0 Å². The molecule has 0 heterocycles. The van der Waals surface area contributed by atoms with Crippen LogP contribution in [0.1, 0.15) is 23.1 Å². The van der Waals surface area contributed by atoms with Gasteiger partial charge in [-0.1, -0.05) is 17.7 Å². The maximum absolute atomic E-state index is 11.9. The van der Waals surface area contributed by atoms with E-state index < -0.39 is 10.3 Å². The average molecular weight is 329 g/mol. The predicted octanol–water partition coefficient (Wildman–Crippen LogP) is 2.86. The summed E-state index contributed by atoms with van der Waals surface area (Å²) in [6.07, 6.45) is 0.430. The van der Waals surface area contributed by atoms with Gasteiger partial charge in [0.2, 0.25) is 11.8 Å². The van der Waals surface area contributed by atoms with Crippen LogP contribution in [0.5, 0.6) is 0 Å². The Morgan fingerprint density at radius 1 is 1.24 bits per heavy atom. The van der Waals surface area contributed by atoms with E-state index in [0.717, 1.165) is 22.4 Å². The van der Waals surface area contributed by atoms with Crippen LogP contribution in [0.2, 0.25) is 0 Å². The minimum atomic E-state index is -0.968. The normalized spacial score (nSPS) is 19.0. The van der Waals surface area contributed by atoms with Gasteiger partial charge in [-0.25, -0.2) is 0 Å². The number of hydrogen-bond acceptors (Lipinski definition) is 2. The lowest BCUT2D eigenvalue weighted by atomic mass is 10.1. The van der Waals surface area contributed by atoms with Crippen LogP contribution in [0, 0.1) is 26.7 Å². The Kier molecular flexibility index (Phi) is 4.49. The van der Waals surface area contributed by atoms with Crippen molar-refractivity contribution >= 4 is 40.7 Å². The number of amides is 2. The van der Waals surface area contributed by atoms with Crippen molar-refractivity contribution in [3.8, 4) is 0 Å². The third kappa shape index (κ3) is 3.89. The van der Waals surface area contributed by atoms with Crippen LogP contribution in [0.25, 0.3) is 0 Å². The highest BCUT2D eigenvalue weighted by atomic mass is 35.5. The summed E-state index contributed by atoms with van der Waals surface area (Å²) in [5.41, 5.74) is 3.92. The van der Waals surface area contributed by atoms with Gasteiger partial charge in [0.15, 0.2) is 0 Å². The molecule has 1 saturated carbocycles. The second-order valence-corrected chi connectivity index (χ2v) is 7.10. The first-order valence-electron chi connectivity index (χ1n) is 6.74. The molecule has 0 aliphatic heterocycles. The molecule has 0 aromatic heterocycles. The molecule has 0 spiro atoms. The third-order valence-electron chi connectivity index (χ3n) is 3.51. The van der Waals surface area contributed by atoms with Crippen molar-refractivity contribution in [3.63, 3.8) is 0 Å². The number of hydrogen-bond donors (Lipinski definition) is 2. The number of aryl methyl sites for hydroxylation is 3. The number of benzene rings is 1. The van der Waals surface area contributed by atoms with E-state index in [2.05, 4.69) is 10.6 Å². The van der Waals surface area contributed by atoms with Gasteiger partial charge >= 0.3 is 0 Å². The second-order valence-electron chi connectivity index (χ2n) is 5.56. The molecule has 1 aromatic rings. The van der Waals surface area contributed by atoms with Crippen molar-refractivity contribution in [2.24, 2.45) is 5.92 Å². The molecule has 0 radical (unpaired) electrons. The van der Waals surface area contributed by atoms with Gasteiger partial charge in [0.25, 0.3) is 0 Å². The zero-order valence-electron chi connectivity index (χ0n) is 12.2. The van der Waals surface area contributed by atoms with Gasteiger partial charge in [0, 0.05) is 5.69 Å². The van der Waals surface area contributed by atoms with E-state index in [1.807, 2.05) is 32.9 Å². The maximum Gasteiger partial charge on any atom is 0.243 e. The minimum Gasteiger partial charge on any atom is -0.347 e. The fraction of sp³-hybridized carbons (Fsp3) is 0.467. The van der Waals surface area contributed by atoms with E-state index in [-0.39, 0.29) is 18.4 Å². The summed E-state index contributed by atoms with van der Waals surface area (Å²) >= 11 is 11.6. The van der Waals surface area contributed by atoms with Crippen molar-refractivity contribution in [1.29, 1.82) is 0 Å². The number of alkyl halides is 2. The van der Waals surface area contributed by atoms with Gasteiger partial charge in [-0.15, -0.1) is 23.2 Å². The fourth-order valence-corrected chi connectivity index (χ4v) is 2.86. The molecule has 1 fully saturated rings. The molecular weight excluding hydrogens is 311 g/mol. The molecule has 21 heavy (non-hydrogen) atoms. The van der Waals surface area contributed by atoms with Gasteiger partial charge in [0.05, 0.1) is 12.5 Å². The Morgan fingerprint density at radius 3 is 2.24 bits per heavy atom. The molecule has 2 amide bonds. The van der Waals surface area contributed by atoms with E-state index in [9.17, 15) is 9.59 Å². The van der Waals surface area contributed by atoms with Gasteiger partial charge < -0.3 is 10.6 Å². The highest BCUT2D eigenvalue weighted by molar-refractivity contribution is 6.52. The van der Waals surface area contributed by atoms with Crippen molar-refractivity contribution < 1.29 is 9.59 Å². The number of carbonyl (C=O) groups excluding carboxylic acids is 2. The van der Waals surface area contributed by atoms with Gasteiger partial charge in [-0.05, 0) is 38.3 Å². The number of nitrogens with one attached hydrogen (secondary N) is 2. The zero-order chi connectivity index (χ0) is 15.8. The first-order valence-corrected chi connectivity index (χ1v) is 7.49. The minimum absolute atomic E-state index is 0.0913. The Hall–Kier alpha value is -1.26. The summed E-state index contributed by atoms with van der Waals surface area (Å²) in [7, 11) is 0. The predicted molar refractivity (Wildman–Crippen MR) is 84.8 cm³/mol. The van der Waals surface area contributed by atoms with Crippen LogP contribution in [0.4, 0.5) is 5.69 Å². The molecule has 2 N–H and O–H groups in total. The van der Waals surface area contributed by atoms with Crippen LogP contribution in [-0.2, 0) is 9.59 Å². The molecule has 1 atom stereocenters. The molecule has 4 nitrogen and oxygen atoms in total. The van der Waals surface area contributed by atoms with Crippen LogP contribution >= 0.6 is 23.2 Å². The fourth-order valence-electron chi connectivity index (χ4n) is 2.35. The Balaban J connectivity index is 1.90. The number of carbonyl (C=O) groups is 2. The molecule has 0 bridgehead atoms. The molecule has 1 unspecified atom stereocenters. The van der Waals surface area contributed by atoms with Crippen LogP contribution in [0.3, 0.4) is 0 Å². The molecule has 2 rings (SSSR count). The lowest BCUT2D eigenvalue weighted by molar-refractivity contribution is -0.125. The SMILES string of the molecule is Cc1cc(C)c(NC(=O)CNC(=O)C2CC2(Cl)Cl)c(C)c1. The lowest BCUT2D eigenvalue weighted by Crippen LogP contribution is -2.34. The number of anilines is 1. The van der Waals surface area contributed by atoms with Crippen molar-refractivity contribution in [2.75, 3.05) is 11.9 Å². The molecule has 6 heteroatoms. The van der Waals surface area contributed by atoms with Crippen LogP contribution < -0.4 is 10.6 Å². The Morgan fingerprint density at radius 2 is 1.76 bits per heavy atom.